The third-order valence-electron chi connectivity index (χ3n) is 7.86. The fraction of sp³-hybridized carbons (Fsp3) is 0.407. The fourth-order valence-electron chi connectivity index (χ4n) is 6.13. The first-order valence-corrected chi connectivity index (χ1v) is 11.9. The summed E-state index contributed by atoms with van der Waals surface area (Å²) in [7, 11) is 1.86. The number of amides is 1. The van der Waals surface area contributed by atoms with Gasteiger partial charge in [-0.2, -0.15) is 5.10 Å². The van der Waals surface area contributed by atoms with E-state index in [9.17, 15) is 4.79 Å². The smallest absolute Gasteiger partial charge is 0.240 e. The van der Waals surface area contributed by atoms with Crippen LogP contribution in [0.15, 0.2) is 48.7 Å². The van der Waals surface area contributed by atoms with E-state index in [0.29, 0.717) is 11.6 Å². The standard InChI is InChI=1S/C27H29FN4O/c1-18-22(15-30(2)29-18)19-11-12-20(24(28)13-19)14-32-25-10-6-5-9-23(25)27(26(32)33)16-31(17-27)21-7-3-4-8-21/h5-6,9-13,15,21H,3-4,7-8,14,16-17H2,1-2H3. The van der Waals surface area contributed by atoms with Gasteiger partial charge in [-0.25, -0.2) is 4.39 Å². The highest BCUT2D eigenvalue weighted by atomic mass is 19.1. The average molecular weight is 445 g/mol. The van der Waals surface area contributed by atoms with Gasteiger partial charge in [-0.1, -0.05) is 43.2 Å². The Morgan fingerprint density at radius 1 is 1.12 bits per heavy atom. The van der Waals surface area contributed by atoms with Crippen molar-refractivity contribution in [1.82, 2.24) is 14.7 Å². The number of likely N-dealkylation sites (tertiary alicyclic amines) is 1. The van der Waals surface area contributed by atoms with Gasteiger partial charge in [0, 0.05) is 49.2 Å². The topological polar surface area (TPSA) is 41.4 Å². The molecule has 0 radical (unpaired) electrons. The summed E-state index contributed by atoms with van der Waals surface area (Å²) in [6.45, 7) is 3.74. The number of anilines is 1. The quantitative estimate of drug-likeness (QED) is 0.592. The van der Waals surface area contributed by atoms with Gasteiger partial charge in [-0.05, 0) is 43.0 Å². The molecule has 3 aromatic rings. The zero-order valence-electron chi connectivity index (χ0n) is 19.2. The molecule has 0 atom stereocenters. The maximum atomic E-state index is 15.2. The van der Waals surface area contributed by atoms with Crippen molar-refractivity contribution in [3.8, 4) is 11.1 Å². The number of rotatable bonds is 4. The Morgan fingerprint density at radius 3 is 2.58 bits per heavy atom. The van der Waals surface area contributed by atoms with E-state index in [4.69, 9.17) is 0 Å². The first kappa shape index (κ1) is 20.6. The molecule has 2 aliphatic heterocycles. The number of aromatic nitrogens is 2. The van der Waals surface area contributed by atoms with E-state index in [2.05, 4.69) is 16.1 Å². The molecule has 1 saturated carbocycles. The maximum Gasteiger partial charge on any atom is 0.240 e. The largest absolute Gasteiger partial charge is 0.307 e. The van der Waals surface area contributed by atoms with Crippen molar-refractivity contribution in [1.29, 1.82) is 0 Å². The van der Waals surface area contributed by atoms with E-state index in [0.717, 1.165) is 41.2 Å². The van der Waals surface area contributed by atoms with Crippen molar-refractivity contribution in [3.63, 3.8) is 0 Å². The summed E-state index contributed by atoms with van der Waals surface area (Å²) in [4.78, 5) is 18.0. The van der Waals surface area contributed by atoms with Gasteiger partial charge in [0.25, 0.3) is 0 Å². The number of halogens is 1. The molecule has 3 heterocycles. The molecule has 6 rings (SSSR count). The Kier molecular flexibility index (Phi) is 4.70. The number of nitrogens with zero attached hydrogens (tertiary/aromatic N) is 4. The first-order chi connectivity index (χ1) is 16.0. The second kappa shape index (κ2) is 7.52. The minimum atomic E-state index is -0.470. The first-order valence-electron chi connectivity index (χ1n) is 11.9. The summed E-state index contributed by atoms with van der Waals surface area (Å²) >= 11 is 0. The lowest BCUT2D eigenvalue weighted by Crippen LogP contribution is -2.65. The molecule has 6 heteroatoms. The van der Waals surface area contributed by atoms with E-state index < -0.39 is 5.41 Å². The number of hydrogen-bond acceptors (Lipinski definition) is 3. The molecular weight excluding hydrogens is 415 g/mol. The molecule has 1 aromatic heterocycles. The van der Waals surface area contributed by atoms with Crippen LogP contribution in [0.3, 0.4) is 0 Å². The molecular formula is C27H29FN4O. The van der Waals surface area contributed by atoms with Crippen molar-refractivity contribution < 1.29 is 9.18 Å². The minimum Gasteiger partial charge on any atom is -0.307 e. The molecule has 2 aromatic carbocycles. The molecule has 5 nitrogen and oxygen atoms in total. The summed E-state index contributed by atoms with van der Waals surface area (Å²) in [5.41, 5.74) is 4.69. The average Bonchev–Trinajstić information content (AvgIpc) is 3.47. The zero-order chi connectivity index (χ0) is 22.7. The molecule has 1 spiro atoms. The van der Waals surface area contributed by atoms with Crippen LogP contribution in [-0.4, -0.2) is 39.7 Å². The number of fused-ring (bicyclic) bond motifs is 2. The highest BCUT2D eigenvalue weighted by molar-refractivity contribution is 6.09. The summed E-state index contributed by atoms with van der Waals surface area (Å²) in [6, 6.07) is 14.0. The van der Waals surface area contributed by atoms with E-state index >= 15 is 4.39 Å². The summed E-state index contributed by atoms with van der Waals surface area (Å²) in [5, 5.41) is 4.36. The molecule has 170 valence electrons. The molecule has 0 unspecified atom stereocenters. The van der Waals surface area contributed by atoms with E-state index in [1.807, 2.05) is 50.5 Å². The summed E-state index contributed by atoms with van der Waals surface area (Å²) in [5.74, 6) is -0.173. The number of aryl methyl sites for hydroxylation is 2. The molecule has 33 heavy (non-hydrogen) atoms. The van der Waals surface area contributed by atoms with Crippen LogP contribution in [0.2, 0.25) is 0 Å². The van der Waals surface area contributed by atoms with Crippen molar-refractivity contribution in [3.05, 3.63) is 71.3 Å². The van der Waals surface area contributed by atoms with Crippen LogP contribution in [0.5, 0.6) is 0 Å². The van der Waals surface area contributed by atoms with Gasteiger partial charge in [0.1, 0.15) is 11.2 Å². The molecule has 1 amide bonds. The van der Waals surface area contributed by atoms with E-state index in [1.54, 1.807) is 15.6 Å². The van der Waals surface area contributed by atoms with Crippen LogP contribution < -0.4 is 4.90 Å². The Morgan fingerprint density at radius 2 is 1.88 bits per heavy atom. The number of para-hydroxylation sites is 1. The Bertz CT molecular complexity index is 1240. The lowest BCUT2D eigenvalue weighted by Gasteiger charge is -2.50. The Balaban J connectivity index is 1.28. The van der Waals surface area contributed by atoms with Crippen molar-refractivity contribution in [2.75, 3.05) is 18.0 Å². The molecule has 2 fully saturated rings. The van der Waals surface area contributed by atoms with Crippen LogP contribution in [0.25, 0.3) is 11.1 Å². The van der Waals surface area contributed by atoms with Gasteiger partial charge in [0.05, 0.1) is 12.2 Å². The van der Waals surface area contributed by atoms with Gasteiger partial charge < -0.3 is 4.90 Å². The maximum absolute atomic E-state index is 15.2. The normalized spacial score (nSPS) is 20.0. The third-order valence-corrected chi connectivity index (χ3v) is 7.86. The number of carbonyl (C=O) groups excluding carboxylic acids is 1. The van der Waals surface area contributed by atoms with Crippen LogP contribution in [0, 0.1) is 12.7 Å². The van der Waals surface area contributed by atoms with Gasteiger partial charge in [0.15, 0.2) is 0 Å². The van der Waals surface area contributed by atoms with Gasteiger partial charge >= 0.3 is 0 Å². The predicted molar refractivity (Wildman–Crippen MR) is 126 cm³/mol. The molecule has 0 N–H and O–H groups in total. The van der Waals surface area contributed by atoms with Crippen molar-refractivity contribution in [2.45, 2.75) is 50.6 Å². The lowest BCUT2D eigenvalue weighted by atomic mass is 9.73. The summed E-state index contributed by atoms with van der Waals surface area (Å²) < 4.78 is 17.0. The summed E-state index contributed by atoms with van der Waals surface area (Å²) in [6.07, 6.45) is 6.96. The van der Waals surface area contributed by atoms with Crippen molar-refractivity contribution in [2.24, 2.45) is 7.05 Å². The molecule has 3 aliphatic rings. The second-order valence-electron chi connectivity index (χ2n) is 9.94. The molecule has 1 saturated heterocycles. The second-order valence-corrected chi connectivity index (χ2v) is 9.94. The Labute approximate surface area is 193 Å². The van der Waals surface area contributed by atoms with Crippen LogP contribution in [-0.2, 0) is 23.8 Å². The van der Waals surface area contributed by atoms with Gasteiger partial charge in [0.2, 0.25) is 5.91 Å². The molecule has 1 aliphatic carbocycles. The Hall–Kier alpha value is -2.99. The van der Waals surface area contributed by atoms with Crippen LogP contribution >= 0.6 is 0 Å². The van der Waals surface area contributed by atoms with Gasteiger partial charge in [-0.15, -0.1) is 0 Å². The highest BCUT2D eigenvalue weighted by Gasteiger charge is 2.58. The number of benzene rings is 2. The molecule has 0 bridgehead atoms. The minimum absolute atomic E-state index is 0.115. The van der Waals surface area contributed by atoms with Crippen LogP contribution in [0.4, 0.5) is 10.1 Å². The van der Waals surface area contributed by atoms with Crippen LogP contribution in [0.1, 0.15) is 42.5 Å². The SMILES string of the molecule is Cc1nn(C)cc1-c1ccc(CN2C(=O)C3(CN(C4CCCC4)C3)c3ccccc32)c(F)c1. The fourth-order valence-corrected chi connectivity index (χ4v) is 6.13. The number of hydrogen-bond donors (Lipinski definition) is 0. The number of carbonyl (C=O) groups is 1. The van der Waals surface area contributed by atoms with Crippen molar-refractivity contribution >= 4 is 11.6 Å². The van der Waals surface area contributed by atoms with E-state index in [1.165, 1.54) is 25.7 Å². The highest BCUT2D eigenvalue weighted by Crippen LogP contribution is 2.49. The van der Waals surface area contributed by atoms with E-state index in [-0.39, 0.29) is 18.3 Å². The lowest BCUT2D eigenvalue weighted by molar-refractivity contribution is -0.130. The predicted octanol–water partition coefficient (Wildman–Crippen LogP) is 4.58. The third kappa shape index (κ3) is 3.15. The zero-order valence-corrected chi connectivity index (χ0v) is 19.2. The monoisotopic (exact) mass is 444 g/mol. The van der Waals surface area contributed by atoms with Gasteiger partial charge in [-0.3, -0.25) is 14.4 Å².